The molecule has 0 amide bonds. The molecule has 3 aliphatic heterocycles. The Bertz CT molecular complexity index is 2290. The molecule has 11 nitrogen and oxygen atoms in total. The van der Waals surface area contributed by atoms with Crippen LogP contribution in [0.25, 0.3) is 0 Å². The number of hydrogen-bond acceptors (Lipinski definition) is 11. The van der Waals surface area contributed by atoms with Gasteiger partial charge < -0.3 is 52.5 Å². The third-order valence-electron chi connectivity index (χ3n) is 12.3. The molecule has 3 saturated heterocycles. The monoisotopic (exact) mass is 894 g/mol. The van der Waals surface area contributed by atoms with Gasteiger partial charge in [-0.3, -0.25) is 0 Å². The zero-order valence-corrected chi connectivity index (χ0v) is 37.0. The Morgan fingerprint density at radius 1 is 0.409 bits per heavy atom. The van der Waals surface area contributed by atoms with Crippen LogP contribution in [0.1, 0.15) is 39.5 Å². The molecule has 0 aliphatic carbocycles. The molecule has 3 aliphatic rings. The fraction of sp³-hybridized carbons (Fsp3) is 0.345. The van der Waals surface area contributed by atoms with Gasteiger partial charge in [0.15, 0.2) is 12.6 Å². The van der Waals surface area contributed by atoms with E-state index in [1.54, 1.807) is 7.11 Å². The molecule has 6 aromatic carbocycles. The van der Waals surface area contributed by atoms with E-state index in [9.17, 15) is 5.11 Å². The van der Waals surface area contributed by atoms with Crippen LogP contribution < -0.4 is 0 Å². The second kappa shape index (κ2) is 23.1. The van der Waals surface area contributed by atoms with Crippen molar-refractivity contribution in [3.05, 3.63) is 215 Å². The van der Waals surface area contributed by atoms with Gasteiger partial charge in [0.05, 0.1) is 39.6 Å². The Hall–Kier alpha value is -5.12. The average molecular weight is 895 g/mol. The summed E-state index contributed by atoms with van der Waals surface area (Å²) in [6, 6.07) is 59.5. The molecule has 0 aromatic heterocycles. The molecule has 12 atom stereocenters. The van der Waals surface area contributed by atoms with Crippen molar-refractivity contribution < 1.29 is 52.5 Å². The quantitative estimate of drug-likeness (QED) is 0.0797. The number of aliphatic hydroxyl groups is 1. The Labute approximate surface area is 387 Å². The Morgan fingerprint density at radius 3 is 1.30 bits per heavy atom. The van der Waals surface area contributed by atoms with Crippen molar-refractivity contribution in [1.82, 2.24) is 0 Å². The summed E-state index contributed by atoms with van der Waals surface area (Å²) in [6.07, 6.45) is -10.3. The molecular formula is C55H58O11. The highest BCUT2D eigenvalue weighted by atomic mass is 16.8. The number of hydrogen-bond donors (Lipinski definition) is 1. The lowest BCUT2D eigenvalue weighted by molar-refractivity contribution is -0.397. The van der Waals surface area contributed by atoms with E-state index in [2.05, 4.69) is 0 Å². The lowest BCUT2D eigenvalue weighted by atomic mass is 9.86. The molecule has 0 saturated carbocycles. The lowest BCUT2D eigenvalue weighted by Gasteiger charge is -2.54. The zero-order valence-electron chi connectivity index (χ0n) is 37.0. The molecule has 0 radical (unpaired) electrons. The first-order chi connectivity index (χ1) is 32.6. The van der Waals surface area contributed by atoms with Gasteiger partial charge >= 0.3 is 0 Å². The van der Waals surface area contributed by atoms with Crippen LogP contribution in [0.3, 0.4) is 0 Å². The van der Waals surface area contributed by atoms with E-state index in [0.29, 0.717) is 6.61 Å². The van der Waals surface area contributed by atoms with Crippen LogP contribution in [0, 0.1) is 0 Å². The fourth-order valence-electron chi connectivity index (χ4n) is 8.90. The summed E-state index contributed by atoms with van der Waals surface area (Å²) in [7, 11) is 1.59. The first-order valence-corrected chi connectivity index (χ1v) is 22.7. The zero-order chi connectivity index (χ0) is 44.9. The molecule has 11 heteroatoms. The van der Waals surface area contributed by atoms with Gasteiger partial charge in [0, 0.05) is 7.11 Å². The summed E-state index contributed by atoms with van der Waals surface area (Å²) in [5.41, 5.74) is 5.73. The molecule has 3 fully saturated rings. The molecule has 0 spiro atoms. The number of ether oxygens (including phenoxy) is 10. The Morgan fingerprint density at radius 2 is 0.818 bits per heavy atom. The summed E-state index contributed by atoms with van der Waals surface area (Å²) in [5.74, 6) is 0. The van der Waals surface area contributed by atoms with Crippen molar-refractivity contribution in [1.29, 1.82) is 0 Å². The molecule has 9 rings (SSSR count). The Balaban J connectivity index is 1.08. The lowest BCUT2D eigenvalue weighted by Crippen LogP contribution is -2.69. The highest BCUT2D eigenvalue weighted by Gasteiger charge is 2.59. The normalized spacial score (nSPS) is 28.5. The molecule has 1 N–H and O–H groups in total. The minimum Gasteiger partial charge on any atom is -0.387 e. The topological polar surface area (TPSA) is 113 Å². The van der Waals surface area contributed by atoms with Gasteiger partial charge in [-0.15, -0.1) is 0 Å². The van der Waals surface area contributed by atoms with Crippen molar-refractivity contribution in [3.8, 4) is 0 Å². The van der Waals surface area contributed by atoms with E-state index in [1.807, 2.05) is 182 Å². The first kappa shape index (κ1) is 46.0. The number of rotatable bonds is 20. The van der Waals surface area contributed by atoms with Crippen LogP contribution in [-0.2, 0) is 80.4 Å². The fourth-order valence-corrected chi connectivity index (χ4v) is 8.90. The van der Waals surface area contributed by atoms with E-state index < -0.39 is 73.6 Å². The second-order valence-corrected chi connectivity index (χ2v) is 16.8. The van der Waals surface area contributed by atoms with E-state index >= 15 is 0 Å². The second-order valence-electron chi connectivity index (χ2n) is 16.8. The summed E-state index contributed by atoms with van der Waals surface area (Å²) >= 11 is 0. The summed E-state index contributed by atoms with van der Waals surface area (Å²) in [5, 5.41) is 12.3. The average Bonchev–Trinajstić information content (AvgIpc) is 3.37. The summed E-state index contributed by atoms with van der Waals surface area (Å²) < 4.78 is 67.8. The molecule has 6 aromatic rings. The van der Waals surface area contributed by atoms with Gasteiger partial charge in [-0.1, -0.05) is 182 Å². The van der Waals surface area contributed by atoms with E-state index in [0.717, 1.165) is 33.4 Å². The van der Waals surface area contributed by atoms with Gasteiger partial charge in [0.2, 0.25) is 0 Å². The maximum atomic E-state index is 12.3. The predicted molar refractivity (Wildman–Crippen MR) is 245 cm³/mol. The van der Waals surface area contributed by atoms with E-state index in [4.69, 9.17) is 47.4 Å². The van der Waals surface area contributed by atoms with Crippen LogP contribution in [-0.4, -0.2) is 86.3 Å². The van der Waals surface area contributed by atoms with Gasteiger partial charge in [0.1, 0.15) is 61.0 Å². The van der Waals surface area contributed by atoms with Gasteiger partial charge in [0.25, 0.3) is 0 Å². The summed E-state index contributed by atoms with van der Waals surface area (Å²) in [6.45, 7) is 1.41. The first-order valence-electron chi connectivity index (χ1n) is 22.7. The largest absolute Gasteiger partial charge is 0.387 e. The number of aliphatic hydroxyl groups excluding tert-OH is 1. The SMILES string of the molecule is CO[C@@H]1O[C@H](COCc2ccccc2)[C@@H](O[C@@H]2O[C@@H]3C(OCc4ccccc4)C(c4ccccc4)O[C@@H]([C@H]3O)[C@H]2OCc2ccccc2)[C@H](OCc2ccccc2)[C@H]1OCc1ccccc1. The highest BCUT2D eigenvalue weighted by Crippen LogP contribution is 2.44. The van der Waals surface area contributed by atoms with Gasteiger partial charge in [-0.25, -0.2) is 0 Å². The maximum absolute atomic E-state index is 12.3. The molecule has 2 bridgehead atoms. The molecule has 344 valence electrons. The van der Waals surface area contributed by atoms with Crippen molar-refractivity contribution in [2.45, 2.75) is 107 Å². The molecular weight excluding hydrogens is 837 g/mol. The van der Waals surface area contributed by atoms with Crippen molar-refractivity contribution in [3.63, 3.8) is 0 Å². The summed E-state index contributed by atoms with van der Waals surface area (Å²) in [4.78, 5) is 0. The molecule has 3 heterocycles. The third-order valence-corrected chi connectivity index (χ3v) is 12.3. The molecule has 66 heavy (non-hydrogen) atoms. The predicted octanol–water partition coefficient (Wildman–Crippen LogP) is 8.53. The third kappa shape index (κ3) is 11.5. The molecule has 2 unspecified atom stereocenters. The van der Waals surface area contributed by atoms with E-state index in [-0.39, 0.29) is 33.0 Å². The van der Waals surface area contributed by atoms with Crippen molar-refractivity contribution in [2.24, 2.45) is 0 Å². The smallest absolute Gasteiger partial charge is 0.187 e. The van der Waals surface area contributed by atoms with Crippen LogP contribution in [0.15, 0.2) is 182 Å². The van der Waals surface area contributed by atoms with Crippen LogP contribution in [0.4, 0.5) is 0 Å². The Kier molecular flexibility index (Phi) is 16.1. The van der Waals surface area contributed by atoms with Crippen LogP contribution in [0.5, 0.6) is 0 Å². The number of fused-ring (bicyclic) bond motifs is 2. The van der Waals surface area contributed by atoms with Crippen molar-refractivity contribution in [2.75, 3.05) is 13.7 Å². The van der Waals surface area contributed by atoms with Crippen LogP contribution in [0.2, 0.25) is 0 Å². The van der Waals surface area contributed by atoms with Gasteiger partial charge in [-0.2, -0.15) is 0 Å². The van der Waals surface area contributed by atoms with E-state index in [1.165, 1.54) is 0 Å². The standard InChI is InChI=1S/C55H58O11/c1-57-54-53(62-36-42-28-16-6-17-29-42)51(60-34-40-24-12-4-13-25-40)47(44(63-54)37-58-32-38-20-8-2-9-21-38)65-55-52(61-35-41-26-14-5-15-27-41)49-45(56)48(66-55)50(59-33-39-22-10-3-11-23-39)46(64-49)43-30-18-7-19-31-43/h2-31,44-56H,32-37H2,1H3/t44-,45+,46?,47-,48+,49+,50?,51+,52-,53-,54-,55-/m1/s1. The van der Waals surface area contributed by atoms with Crippen LogP contribution >= 0.6 is 0 Å². The highest BCUT2D eigenvalue weighted by molar-refractivity contribution is 5.23. The number of methoxy groups -OCH3 is 1. The van der Waals surface area contributed by atoms with Gasteiger partial charge in [-0.05, 0) is 33.4 Å². The number of benzene rings is 6. The van der Waals surface area contributed by atoms with Crippen molar-refractivity contribution >= 4 is 0 Å². The minimum absolute atomic E-state index is 0.114. The minimum atomic E-state index is -1.14. The maximum Gasteiger partial charge on any atom is 0.187 e.